The molecule has 0 N–H and O–H groups in total. The van der Waals surface area contributed by atoms with Crippen LogP contribution in [0.2, 0.25) is 0 Å². The topological polar surface area (TPSA) is 49.3 Å². The third kappa shape index (κ3) is 3.30. The lowest BCUT2D eigenvalue weighted by atomic mass is 9.76. The van der Waals surface area contributed by atoms with Gasteiger partial charge in [-0.15, -0.1) is 0 Å². The van der Waals surface area contributed by atoms with Crippen LogP contribution in [-0.4, -0.2) is 47.0 Å². The van der Waals surface area contributed by atoms with Crippen LogP contribution in [0.25, 0.3) is 0 Å². The molecular formula is C21H26N4O. The molecule has 2 fully saturated rings. The summed E-state index contributed by atoms with van der Waals surface area (Å²) >= 11 is 0. The molecule has 0 bridgehead atoms. The molecule has 0 aliphatic carbocycles. The molecule has 1 atom stereocenters. The molecule has 0 spiro atoms. The number of likely N-dealkylation sites (tertiary alicyclic amines) is 1. The van der Waals surface area contributed by atoms with Crippen LogP contribution in [0.1, 0.15) is 48.7 Å². The van der Waals surface area contributed by atoms with Crippen molar-refractivity contribution in [3.8, 4) is 0 Å². The first-order valence-electron chi connectivity index (χ1n) is 9.58. The molecule has 3 heterocycles. The van der Waals surface area contributed by atoms with Crippen molar-refractivity contribution in [2.24, 2.45) is 0 Å². The van der Waals surface area contributed by atoms with E-state index in [9.17, 15) is 4.79 Å². The zero-order chi connectivity index (χ0) is 18.0. The van der Waals surface area contributed by atoms with E-state index in [-0.39, 0.29) is 11.3 Å². The lowest BCUT2D eigenvalue weighted by Gasteiger charge is -2.41. The smallest absolute Gasteiger partial charge is 0.274 e. The third-order valence-electron chi connectivity index (χ3n) is 5.73. The van der Waals surface area contributed by atoms with E-state index in [1.165, 1.54) is 5.56 Å². The maximum Gasteiger partial charge on any atom is 0.274 e. The first kappa shape index (κ1) is 17.0. The number of benzene rings is 1. The summed E-state index contributed by atoms with van der Waals surface area (Å²) in [4.78, 5) is 25.8. The van der Waals surface area contributed by atoms with Crippen molar-refractivity contribution in [2.75, 3.05) is 31.1 Å². The highest BCUT2D eigenvalue weighted by atomic mass is 16.2. The maximum atomic E-state index is 12.6. The van der Waals surface area contributed by atoms with Gasteiger partial charge in [-0.1, -0.05) is 37.3 Å². The van der Waals surface area contributed by atoms with E-state index in [1.54, 1.807) is 12.4 Å². The van der Waals surface area contributed by atoms with Crippen LogP contribution in [0.15, 0.2) is 42.7 Å². The minimum atomic E-state index is 0.0136. The molecule has 0 radical (unpaired) electrons. The Bertz CT molecular complexity index is 773. The van der Waals surface area contributed by atoms with Crippen LogP contribution in [-0.2, 0) is 5.41 Å². The second-order valence-corrected chi connectivity index (χ2v) is 7.71. The Labute approximate surface area is 155 Å². The van der Waals surface area contributed by atoms with E-state index in [1.807, 2.05) is 4.90 Å². The summed E-state index contributed by atoms with van der Waals surface area (Å²) < 4.78 is 0. The summed E-state index contributed by atoms with van der Waals surface area (Å²) in [5.74, 6) is 0.830. The molecule has 5 heteroatoms. The van der Waals surface area contributed by atoms with E-state index < -0.39 is 0 Å². The van der Waals surface area contributed by atoms with Gasteiger partial charge in [-0.05, 0) is 31.2 Å². The summed E-state index contributed by atoms with van der Waals surface area (Å²) in [5.41, 5.74) is 1.93. The molecule has 1 aromatic carbocycles. The summed E-state index contributed by atoms with van der Waals surface area (Å²) in [7, 11) is 0. The number of carbonyl (C=O) groups is 1. The molecular weight excluding hydrogens is 324 g/mol. The van der Waals surface area contributed by atoms with Gasteiger partial charge in [0.05, 0.1) is 12.4 Å². The number of rotatable bonds is 3. The molecule has 0 unspecified atom stereocenters. The first-order chi connectivity index (χ1) is 12.7. The van der Waals surface area contributed by atoms with E-state index in [0.29, 0.717) is 5.69 Å². The van der Waals surface area contributed by atoms with Gasteiger partial charge in [0.2, 0.25) is 0 Å². The zero-order valence-corrected chi connectivity index (χ0v) is 15.4. The van der Waals surface area contributed by atoms with Crippen molar-refractivity contribution in [3.05, 3.63) is 54.0 Å². The van der Waals surface area contributed by atoms with E-state index in [4.69, 9.17) is 0 Å². The third-order valence-corrected chi connectivity index (χ3v) is 5.73. The van der Waals surface area contributed by atoms with Crippen molar-refractivity contribution >= 4 is 11.7 Å². The Hall–Kier alpha value is -2.43. The van der Waals surface area contributed by atoms with Crippen molar-refractivity contribution in [1.29, 1.82) is 0 Å². The molecule has 2 aliphatic rings. The molecule has 26 heavy (non-hydrogen) atoms. The predicted octanol–water partition coefficient (Wildman–Crippen LogP) is 3.27. The lowest BCUT2D eigenvalue weighted by Crippen LogP contribution is -2.45. The van der Waals surface area contributed by atoms with Gasteiger partial charge in [0.15, 0.2) is 0 Å². The van der Waals surface area contributed by atoms with Gasteiger partial charge in [0, 0.05) is 31.6 Å². The lowest BCUT2D eigenvalue weighted by molar-refractivity contribution is 0.0786. The summed E-state index contributed by atoms with van der Waals surface area (Å²) in [6.45, 7) is 5.84. The van der Waals surface area contributed by atoms with Crippen LogP contribution in [0.5, 0.6) is 0 Å². The average molecular weight is 350 g/mol. The van der Waals surface area contributed by atoms with Crippen LogP contribution in [0.4, 0.5) is 5.82 Å². The van der Waals surface area contributed by atoms with Crippen molar-refractivity contribution in [2.45, 2.75) is 38.0 Å². The quantitative estimate of drug-likeness (QED) is 0.852. The number of nitrogens with zero attached hydrogens (tertiary/aromatic N) is 4. The highest BCUT2D eigenvalue weighted by molar-refractivity contribution is 5.92. The van der Waals surface area contributed by atoms with Crippen LogP contribution < -0.4 is 4.90 Å². The normalized spacial score (nSPS) is 23.3. The second kappa shape index (κ2) is 7.06. The van der Waals surface area contributed by atoms with Gasteiger partial charge in [-0.2, -0.15) is 0 Å². The Morgan fingerprint density at radius 2 is 1.81 bits per heavy atom. The SMILES string of the molecule is C[C@@]1(c2ccccc2)CCCN(c2cncc(C(=O)N3CCCC3)n2)C1. The van der Waals surface area contributed by atoms with Gasteiger partial charge < -0.3 is 9.80 Å². The maximum absolute atomic E-state index is 12.6. The number of anilines is 1. The number of hydrogen-bond donors (Lipinski definition) is 0. The van der Waals surface area contributed by atoms with E-state index in [0.717, 1.165) is 57.7 Å². The van der Waals surface area contributed by atoms with Crippen molar-refractivity contribution in [1.82, 2.24) is 14.9 Å². The molecule has 2 aliphatic heterocycles. The summed E-state index contributed by atoms with van der Waals surface area (Å²) in [6.07, 6.45) is 7.83. The minimum Gasteiger partial charge on any atom is -0.354 e. The Kier molecular flexibility index (Phi) is 4.62. The molecule has 1 aromatic heterocycles. The molecule has 2 aromatic rings. The molecule has 0 saturated carbocycles. The van der Waals surface area contributed by atoms with Gasteiger partial charge in [0.1, 0.15) is 11.5 Å². The van der Waals surface area contributed by atoms with Crippen molar-refractivity contribution < 1.29 is 4.79 Å². The number of amides is 1. The highest BCUT2D eigenvalue weighted by Gasteiger charge is 2.33. The Morgan fingerprint density at radius 3 is 2.58 bits per heavy atom. The molecule has 1 amide bonds. The average Bonchev–Trinajstić information content (AvgIpc) is 3.23. The van der Waals surface area contributed by atoms with Crippen LogP contribution in [0.3, 0.4) is 0 Å². The zero-order valence-electron chi connectivity index (χ0n) is 15.4. The summed E-state index contributed by atoms with van der Waals surface area (Å²) in [5, 5.41) is 0. The molecule has 2 saturated heterocycles. The first-order valence-corrected chi connectivity index (χ1v) is 9.58. The van der Waals surface area contributed by atoms with Gasteiger partial charge in [-0.25, -0.2) is 4.98 Å². The number of hydrogen-bond acceptors (Lipinski definition) is 4. The Balaban J connectivity index is 1.55. The molecule has 5 nitrogen and oxygen atoms in total. The fourth-order valence-corrected chi connectivity index (χ4v) is 4.20. The fraction of sp³-hybridized carbons (Fsp3) is 0.476. The van der Waals surface area contributed by atoms with E-state index >= 15 is 0 Å². The number of carbonyl (C=O) groups excluding carboxylic acids is 1. The Morgan fingerprint density at radius 1 is 1.04 bits per heavy atom. The summed E-state index contributed by atoms with van der Waals surface area (Å²) in [6, 6.07) is 10.7. The predicted molar refractivity (Wildman–Crippen MR) is 102 cm³/mol. The standard InChI is InChI=1S/C21H26N4O/c1-21(17-8-3-2-4-9-17)10-7-13-25(16-21)19-15-22-14-18(23-19)20(26)24-11-5-6-12-24/h2-4,8-9,14-15H,5-7,10-13,16H2,1H3/t21-/m1/s1. The highest BCUT2D eigenvalue weighted by Crippen LogP contribution is 2.35. The minimum absolute atomic E-state index is 0.0136. The monoisotopic (exact) mass is 350 g/mol. The van der Waals surface area contributed by atoms with E-state index in [2.05, 4.69) is 52.1 Å². The van der Waals surface area contributed by atoms with Crippen molar-refractivity contribution in [3.63, 3.8) is 0 Å². The van der Waals surface area contributed by atoms with Gasteiger partial charge in [-0.3, -0.25) is 9.78 Å². The number of piperidine rings is 1. The number of aromatic nitrogens is 2. The van der Waals surface area contributed by atoms with Crippen LogP contribution >= 0.6 is 0 Å². The van der Waals surface area contributed by atoms with Gasteiger partial charge in [0.25, 0.3) is 5.91 Å². The fourth-order valence-electron chi connectivity index (χ4n) is 4.20. The molecule has 4 rings (SSSR count). The second-order valence-electron chi connectivity index (χ2n) is 7.71. The van der Waals surface area contributed by atoms with Gasteiger partial charge >= 0.3 is 0 Å². The molecule has 136 valence electrons. The largest absolute Gasteiger partial charge is 0.354 e. The van der Waals surface area contributed by atoms with Crippen LogP contribution in [0, 0.1) is 0 Å².